The predicted octanol–water partition coefficient (Wildman–Crippen LogP) is 3.44. The first-order chi connectivity index (χ1) is 14.8. The number of fused-ring (bicyclic) bond motifs is 1. The number of thiazole rings is 1. The van der Waals surface area contributed by atoms with E-state index in [2.05, 4.69) is 15.0 Å². The Bertz CT molecular complexity index is 1150. The molecule has 31 heavy (non-hydrogen) atoms. The summed E-state index contributed by atoms with van der Waals surface area (Å²) in [6.45, 7) is 4.21. The fraction of sp³-hybridized carbons (Fsp3) is 0.318. The number of nitrogens with zero attached hydrogens (tertiary/aromatic N) is 5. The van der Waals surface area contributed by atoms with Crippen LogP contribution in [0.25, 0.3) is 0 Å². The molecule has 3 aromatic rings. The van der Waals surface area contributed by atoms with Crippen molar-refractivity contribution in [2.45, 2.75) is 39.8 Å². The molecule has 0 unspecified atom stereocenters. The molecule has 0 saturated heterocycles. The van der Waals surface area contributed by atoms with Gasteiger partial charge in [0, 0.05) is 24.7 Å². The van der Waals surface area contributed by atoms with E-state index in [1.165, 1.54) is 23.5 Å². The lowest BCUT2D eigenvalue weighted by Gasteiger charge is -2.30. The van der Waals surface area contributed by atoms with Crippen LogP contribution >= 0.6 is 11.3 Å². The van der Waals surface area contributed by atoms with Crippen LogP contribution in [0, 0.1) is 19.7 Å². The second-order valence-electron chi connectivity index (χ2n) is 7.56. The molecule has 9 heteroatoms. The number of amides is 2. The fourth-order valence-corrected chi connectivity index (χ4v) is 4.41. The van der Waals surface area contributed by atoms with Crippen molar-refractivity contribution in [1.29, 1.82) is 0 Å². The Balaban J connectivity index is 1.62. The van der Waals surface area contributed by atoms with Crippen LogP contribution < -0.4 is 4.90 Å². The van der Waals surface area contributed by atoms with Crippen molar-refractivity contribution in [3.05, 3.63) is 68.8 Å². The van der Waals surface area contributed by atoms with E-state index in [9.17, 15) is 14.0 Å². The number of rotatable bonds is 5. The van der Waals surface area contributed by atoms with Gasteiger partial charge in [-0.15, -0.1) is 11.3 Å². The minimum atomic E-state index is -0.321. The van der Waals surface area contributed by atoms with Gasteiger partial charge in [-0.2, -0.15) is 0 Å². The highest BCUT2D eigenvalue weighted by Crippen LogP contribution is 2.29. The second kappa shape index (κ2) is 8.50. The van der Waals surface area contributed by atoms with Gasteiger partial charge in [-0.05, 0) is 38.0 Å². The topological polar surface area (TPSA) is 79.3 Å². The Hall–Kier alpha value is -3.20. The molecular formula is C22H22FN5O2S. The van der Waals surface area contributed by atoms with E-state index in [1.54, 1.807) is 41.4 Å². The van der Waals surface area contributed by atoms with E-state index in [1.807, 2.05) is 6.92 Å². The Morgan fingerprint density at radius 1 is 1.16 bits per heavy atom. The number of aryl methyl sites for hydroxylation is 2. The summed E-state index contributed by atoms with van der Waals surface area (Å²) < 4.78 is 13.3. The Kier molecular flexibility index (Phi) is 5.77. The van der Waals surface area contributed by atoms with Gasteiger partial charge in [-0.25, -0.2) is 19.3 Å². The van der Waals surface area contributed by atoms with Gasteiger partial charge in [-0.3, -0.25) is 14.5 Å². The molecule has 0 N–H and O–H groups in total. The lowest BCUT2D eigenvalue weighted by molar-refractivity contribution is -0.119. The van der Waals surface area contributed by atoms with Gasteiger partial charge < -0.3 is 4.90 Å². The Morgan fingerprint density at radius 3 is 2.58 bits per heavy atom. The molecule has 160 valence electrons. The van der Waals surface area contributed by atoms with Gasteiger partial charge in [0.15, 0.2) is 0 Å². The van der Waals surface area contributed by atoms with Crippen molar-refractivity contribution in [2.75, 3.05) is 11.9 Å². The van der Waals surface area contributed by atoms with E-state index in [4.69, 9.17) is 0 Å². The minimum Gasteiger partial charge on any atom is -0.333 e. The molecule has 1 aromatic carbocycles. The first-order valence-electron chi connectivity index (χ1n) is 9.90. The Labute approximate surface area is 183 Å². The molecule has 7 nitrogen and oxygen atoms in total. The third-order valence-electron chi connectivity index (χ3n) is 5.30. The van der Waals surface area contributed by atoms with E-state index in [0.29, 0.717) is 41.6 Å². The predicted molar refractivity (Wildman–Crippen MR) is 115 cm³/mol. The van der Waals surface area contributed by atoms with Crippen LogP contribution in [-0.4, -0.2) is 38.7 Å². The number of benzene rings is 1. The zero-order valence-corrected chi connectivity index (χ0v) is 18.4. The number of halogens is 1. The number of aromatic nitrogens is 3. The molecule has 2 amide bonds. The van der Waals surface area contributed by atoms with Gasteiger partial charge in [0.05, 0.1) is 24.3 Å². The molecule has 0 spiro atoms. The summed E-state index contributed by atoms with van der Waals surface area (Å²) in [5.74, 6) is 0.535. The summed E-state index contributed by atoms with van der Waals surface area (Å²) in [6.07, 6.45) is 0.954. The first kappa shape index (κ1) is 21.0. The average Bonchev–Trinajstić information content (AvgIpc) is 3.17. The Morgan fingerprint density at radius 2 is 1.90 bits per heavy atom. The normalized spacial score (nSPS) is 13.3. The van der Waals surface area contributed by atoms with Crippen molar-refractivity contribution in [1.82, 2.24) is 19.9 Å². The molecule has 0 saturated carbocycles. The maximum absolute atomic E-state index is 13.3. The van der Waals surface area contributed by atoms with Gasteiger partial charge >= 0.3 is 0 Å². The molecule has 0 fully saturated rings. The van der Waals surface area contributed by atoms with Crippen molar-refractivity contribution in [3.8, 4) is 0 Å². The van der Waals surface area contributed by atoms with Crippen molar-refractivity contribution >= 4 is 29.0 Å². The first-order valence-corrected chi connectivity index (χ1v) is 10.8. The molecule has 0 atom stereocenters. The maximum atomic E-state index is 13.3. The molecule has 4 rings (SSSR count). The standard InChI is InChI=1S/C22H22FN5O2S/c1-13-17-8-9-19(29)28(10-15-4-6-16(23)7-5-15)21(17)26-18(25-13)11-27(3)22(30)20-14(2)24-12-31-20/h4-7,12H,8-11H2,1-3H3. The zero-order chi connectivity index (χ0) is 22.1. The monoisotopic (exact) mass is 439 g/mol. The average molecular weight is 440 g/mol. The SMILES string of the molecule is Cc1ncsc1C(=O)N(C)Cc1nc(C)c2c(n1)N(Cc1ccc(F)cc1)C(=O)CC2. The number of carbonyl (C=O) groups is 2. The van der Waals surface area contributed by atoms with Crippen LogP contribution in [0.3, 0.4) is 0 Å². The number of carbonyl (C=O) groups excluding carboxylic acids is 2. The van der Waals surface area contributed by atoms with E-state index in [-0.39, 0.29) is 24.2 Å². The summed E-state index contributed by atoms with van der Waals surface area (Å²) >= 11 is 1.30. The minimum absolute atomic E-state index is 0.0365. The third kappa shape index (κ3) is 4.32. The summed E-state index contributed by atoms with van der Waals surface area (Å²) in [4.78, 5) is 42.6. The lowest BCUT2D eigenvalue weighted by atomic mass is 10.0. The lowest BCUT2D eigenvalue weighted by Crippen LogP contribution is -2.36. The molecule has 1 aliphatic rings. The van der Waals surface area contributed by atoms with Crippen LogP contribution in [0.5, 0.6) is 0 Å². The van der Waals surface area contributed by atoms with E-state index >= 15 is 0 Å². The molecule has 0 bridgehead atoms. The molecule has 0 aliphatic carbocycles. The summed E-state index contributed by atoms with van der Waals surface area (Å²) in [5, 5.41) is 0. The van der Waals surface area contributed by atoms with Crippen LogP contribution in [0.15, 0.2) is 29.8 Å². The quantitative estimate of drug-likeness (QED) is 0.609. The zero-order valence-electron chi connectivity index (χ0n) is 17.6. The summed E-state index contributed by atoms with van der Waals surface area (Å²) in [7, 11) is 1.70. The van der Waals surface area contributed by atoms with Gasteiger partial charge in [0.1, 0.15) is 22.3 Å². The van der Waals surface area contributed by atoms with Crippen molar-refractivity contribution in [2.24, 2.45) is 0 Å². The molecule has 0 radical (unpaired) electrons. The fourth-order valence-electron chi connectivity index (χ4n) is 3.61. The van der Waals surface area contributed by atoms with Crippen LogP contribution in [0.4, 0.5) is 10.2 Å². The third-order valence-corrected chi connectivity index (χ3v) is 6.22. The maximum Gasteiger partial charge on any atom is 0.265 e. The number of hydrogen-bond donors (Lipinski definition) is 0. The largest absolute Gasteiger partial charge is 0.333 e. The van der Waals surface area contributed by atoms with Crippen molar-refractivity contribution < 1.29 is 14.0 Å². The molecule has 3 heterocycles. The van der Waals surface area contributed by atoms with E-state index < -0.39 is 0 Å². The molecule has 1 aliphatic heterocycles. The van der Waals surface area contributed by atoms with Crippen LogP contribution in [0.1, 0.15) is 44.4 Å². The number of anilines is 1. The number of hydrogen-bond acceptors (Lipinski definition) is 6. The summed E-state index contributed by atoms with van der Waals surface area (Å²) in [6, 6.07) is 6.08. The van der Waals surface area contributed by atoms with Crippen LogP contribution in [-0.2, 0) is 24.3 Å². The second-order valence-corrected chi connectivity index (χ2v) is 8.42. The highest BCUT2D eigenvalue weighted by Gasteiger charge is 2.29. The smallest absolute Gasteiger partial charge is 0.265 e. The highest BCUT2D eigenvalue weighted by atomic mass is 32.1. The van der Waals surface area contributed by atoms with Crippen LogP contribution in [0.2, 0.25) is 0 Å². The van der Waals surface area contributed by atoms with Gasteiger partial charge in [-0.1, -0.05) is 12.1 Å². The molecule has 2 aromatic heterocycles. The van der Waals surface area contributed by atoms with E-state index in [0.717, 1.165) is 16.8 Å². The van der Waals surface area contributed by atoms with Gasteiger partial charge in [0.2, 0.25) is 5.91 Å². The molecular weight excluding hydrogens is 417 g/mol. The summed E-state index contributed by atoms with van der Waals surface area (Å²) in [5.41, 5.74) is 4.88. The highest BCUT2D eigenvalue weighted by molar-refractivity contribution is 7.11. The van der Waals surface area contributed by atoms with Crippen molar-refractivity contribution in [3.63, 3.8) is 0 Å². The van der Waals surface area contributed by atoms with Gasteiger partial charge in [0.25, 0.3) is 5.91 Å².